The van der Waals surface area contributed by atoms with E-state index in [1.54, 1.807) is 31.3 Å². The van der Waals surface area contributed by atoms with Gasteiger partial charge in [-0.1, -0.05) is 0 Å². The van der Waals surface area contributed by atoms with Crippen molar-refractivity contribution >= 4 is 46.9 Å². The predicted molar refractivity (Wildman–Crippen MR) is 103 cm³/mol. The average molecular weight is 386 g/mol. The molecule has 7 nitrogen and oxygen atoms in total. The van der Waals surface area contributed by atoms with Gasteiger partial charge in [0.05, 0.1) is 17.2 Å². The van der Waals surface area contributed by atoms with Crippen molar-refractivity contribution in [2.75, 3.05) is 6.61 Å². The second-order valence-corrected chi connectivity index (χ2v) is 6.79. The lowest BCUT2D eigenvalue weighted by Crippen LogP contribution is -2.07. The van der Waals surface area contributed by atoms with Gasteiger partial charge in [-0.05, 0) is 43.4 Å². The molecule has 2 heterocycles. The topological polar surface area (TPSA) is 92.1 Å². The minimum atomic E-state index is 0.0155. The molecule has 1 aromatic carbocycles. The van der Waals surface area contributed by atoms with Gasteiger partial charge in [0, 0.05) is 13.1 Å². The third-order valence-corrected chi connectivity index (χ3v) is 4.87. The van der Waals surface area contributed by atoms with Crippen molar-refractivity contribution in [3.63, 3.8) is 0 Å². The zero-order chi connectivity index (χ0) is 18.7. The van der Waals surface area contributed by atoms with Gasteiger partial charge < -0.3 is 14.6 Å². The van der Waals surface area contributed by atoms with Crippen LogP contribution in [0.1, 0.15) is 11.8 Å². The number of aromatic hydroxyl groups is 1. The molecule has 2 aromatic rings. The Labute approximate surface area is 158 Å². The number of aromatic nitrogens is 1. The molecule has 1 N–H and O–H groups in total. The van der Waals surface area contributed by atoms with Gasteiger partial charge in [-0.15, -0.1) is 11.3 Å². The Morgan fingerprint density at radius 1 is 1.46 bits per heavy atom. The Morgan fingerprint density at radius 3 is 2.77 bits per heavy atom. The van der Waals surface area contributed by atoms with Crippen LogP contribution in [0.5, 0.6) is 11.6 Å². The molecule has 0 spiro atoms. The van der Waals surface area contributed by atoms with Gasteiger partial charge in [-0.2, -0.15) is 10.3 Å². The van der Waals surface area contributed by atoms with E-state index in [-0.39, 0.29) is 23.4 Å². The maximum Gasteiger partial charge on any atom is 0.258 e. The summed E-state index contributed by atoms with van der Waals surface area (Å²) in [5, 5.41) is 19.3. The second-order valence-electron chi connectivity index (χ2n) is 5.12. The normalized spacial score (nSPS) is 16.4. The van der Waals surface area contributed by atoms with E-state index in [0.717, 1.165) is 5.75 Å². The fourth-order valence-electron chi connectivity index (χ4n) is 2.11. The average Bonchev–Trinajstić information content (AvgIpc) is 3.13. The monoisotopic (exact) mass is 386 g/mol. The number of nitrogens with zero attached hydrogens (tertiary/aromatic N) is 4. The molecular weight excluding hydrogens is 372 g/mol. The van der Waals surface area contributed by atoms with E-state index in [4.69, 9.17) is 21.7 Å². The zero-order valence-corrected chi connectivity index (χ0v) is 15.6. The maximum atomic E-state index is 10.0. The molecule has 0 aliphatic carbocycles. The Morgan fingerprint density at radius 2 is 2.19 bits per heavy atom. The summed E-state index contributed by atoms with van der Waals surface area (Å²) in [4.78, 5) is 8.90. The number of hydrogen-bond acceptors (Lipinski definition) is 8. The highest BCUT2D eigenvalue weighted by atomic mass is 32.1. The number of benzene rings is 1. The summed E-state index contributed by atoms with van der Waals surface area (Å²) < 4.78 is 12.9. The standard InChI is InChI=1S/C17H14N4O3S2/c1-3-23-11-6-4-10(5-7-11)19-15-12(9-18)20-14(24-15)8-13-16(22)21(2)17(25)26-13/h4-8,22H,3H2,1-2H3/b14-8+,19-15?. The third kappa shape index (κ3) is 3.66. The fourth-order valence-corrected chi connectivity index (χ4v) is 3.26. The molecule has 9 heteroatoms. The number of aliphatic imine (C=N–C) groups is 2. The van der Waals surface area contributed by atoms with Crippen molar-refractivity contribution in [2.45, 2.75) is 6.92 Å². The van der Waals surface area contributed by atoms with Crippen LogP contribution in [0.3, 0.4) is 0 Å². The van der Waals surface area contributed by atoms with Crippen LogP contribution in [0.4, 0.5) is 5.69 Å². The molecule has 0 unspecified atom stereocenters. The molecule has 132 valence electrons. The summed E-state index contributed by atoms with van der Waals surface area (Å²) in [6.07, 6.45) is 1.52. The molecule has 0 saturated heterocycles. The van der Waals surface area contributed by atoms with Crippen molar-refractivity contribution in [1.29, 1.82) is 5.26 Å². The Balaban J connectivity index is 1.88. The third-order valence-electron chi connectivity index (χ3n) is 3.37. The van der Waals surface area contributed by atoms with Gasteiger partial charge in [0.2, 0.25) is 17.5 Å². The van der Waals surface area contributed by atoms with Crippen molar-refractivity contribution < 1.29 is 14.6 Å². The highest BCUT2D eigenvalue weighted by Gasteiger charge is 2.22. The maximum absolute atomic E-state index is 10.0. The number of ether oxygens (including phenoxy) is 2. The van der Waals surface area contributed by atoms with E-state index in [1.807, 2.05) is 13.0 Å². The van der Waals surface area contributed by atoms with Gasteiger partial charge in [0.1, 0.15) is 11.8 Å². The Kier molecular flexibility index (Phi) is 5.16. The van der Waals surface area contributed by atoms with E-state index in [1.165, 1.54) is 22.0 Å². The van der Waals surface area contributed by atoms with Gasteiger partial charge in [0.25, 0.3) is 5.90 Å². The molecule has 3 rings (SSSR count). The lowest BCUT2D eigenvalue weighted by molar-refractivity contribution is 0.340. The first-order valence-corrected chi connectivity index (χ1v) is 8.83. The highest BCUT2D eigenvalue weighted by Crippen LogP contribution is 2.29. The summed E-state index contributed by atoms with van der Waals surface area (Å²) in [7, 11) is 1.66. The van der Waals surface area contributed by atoms with Crippen molar-refractivity contribution in [1.82, 2.24) is 4.57 Å². The van der Waals surface area contributed by atoms with E-state index in [9.17, 15) is 10.4 Å². The van der Waals surface area contributed by atoms with Crippen molar-refractivity contribution in [3.8, 4) is 17.7 Å². The van der Waals surface area contributed by atoms with Gasteiger partial charge in [0.15, 0.2) is 3.95 Å². The van der Waals surface area contributed by atoms with Crippen LogP contribution < -0.4 is 4.74 Å². The number of thiazole rings is 1. The molecular formula is C17H14N4O3S2. The SMILES string of the molecule is CCOc1ccc(N=C2O/C(=C/c3sc(=S)n(C)c3O)N=C2C#N)cc1. The van der Waals surface area contributed by atoms with Crippen molar-refractivity contribution in [2.24, 2.45) is 17.0 Å². The van der Waals surface area contributed by atoms with Crippen LogP contribution in [0, 0.1) is 15.3 Å². The van der Waals surface area contributed by atoms with E-state index < -0.39 is 0 Å². The van der Waals surface area contributed by atoms with Crippen LogP contribution in [-0.2, 0) is 11.8 Å². The quantitative estimate of drug-likeness (QED) is 0.804. The minimum absolute atomic E-state index is 0.0155. The molecule has 1 aliphatic rings. The van der Waals surface area contributed by atoms with E-state index in [2.05, 4.69) is 9.98 Å². The number of rotatable bonds is 4. The predicted octanol–water partition coefficient (Wildman–Crippen LogP) is 3.94. The molecule has 26 heavy (non-hydrogen) atoms. The van der Waals surface area contributed by atoms with Gasteiger partial charge >= 0.3 is 0 Å². The number of hydrogen-bond donors (Lipinski definition) is 1. The van der Waals surface area contributed by atoms with Crippen LogP contribution in [0.15, 0.2) is 40.1 Å². The first-order chi connectivity index (χ1) is 12.5. The largest absolute Gasteiger partial charge is 0.494 e. The first kappa shape index (κ1) is 17.8. The lowest BCUT2D eigenvalue weighted by atomic mass is 10.3. The van der Waals surface area contributed by atoms with Crippen LogP contribution >= 0.6 is 23.6 Å². The highest BCUT2D eigenvalue weighted by molar-refractivity contribution is 7.73. The number of nitriles is 1. The molecule has 0 radical (unpaired) electrons. The summed E-state index contributed by atoms with van der Waals surface area (Å²) in [6.45, 7) is 2.49. The smallest absolute Gasteiger partial charge is 0.258 e. The molecule has 0 saturated carbocycles. The van der Waals surface area contributed by atoms with Crippen LogP contribution in [0.25, 0.3) is 6.08 Å². The van der Waals surface area contributed by atoms with E-state index >= 15 is 0 Å². The second kappa shape index (κ2) is 7.51. The molecule has 0 amide bonds. The molecule has 1 aliphatic heterocycles. The Bertz CT molecular complexity index is 1020. The van der Waals surface area contributed by atoms with Gasteiger partial charge in [-0.25, -0.2) is 4.99 Å². The zero-order valence-electron chi connectivity index (χ0n) is 14.0. The first-order valence-electron chi connectivity index (χ1n) is 7.61. The van der Waals surface area contributed by atoms with Crippen LogP contribution in [0.2, 0.25) is 0 Å². The molecule has 0 bridgehead atoms. The molecule has 0 atom stereocenters. The van der Waals surface area contributed by atoms with Crippen LogP contribution in [-0.4, -0.2) is 27.9 Å². The summed E-state index contributed by atoms with van der Waals surface area (Å²) in [6, 6.07) is 9.04. The molecule has 1 aromatic heterocycles. The van der Waals surface area contributed by atoms with Gasteiger partial charge in [-0.3, -0.25) is 4.57 Å². The molecule has 0 fully saturated rings. The van der Waals surface area contributed by atoms with Crippen molar-refractivity contribution in [3.05, 3.63) is 39.0 Å². The lowest BCUT2D eigenvalue weighted by Gasteiger charge is -2.03. The van der Waals surface area contributed by atoms with E-state index in [0.29, 0.717) is 21.1 Å². The Hall–Kier alpha value is -2.96. The summed E-state index contributed by atoms with van der Waals surface area (Å²) >= 11 is 6.33. The fraction of sp³-hybridized carbons (Fsp3) is 0.176. The summed E-state index contributed by atoms with van der Waals surface area (Å²) in [5.74, 6) is 1.02. The summed E-state index contributed by atoms with van der Waals surface area (Å²) in [5.41, 5.74) is 0.662. The minimum Gasteiger partial charge on any atom is -0.494 e.